The Morgan fingerprint density at radius 2 is 1.55 bits per heavy atom. The van der Waals surface area contributed by atoms with Crippen molar-refractivity contribution in [2.75, 3.05) is 5.75 Å². The molecule has 0 N–H and O–H groups in total. The minimum atomic E-state index is 0.159. The monoisotopic (exact) mass is 526 g/mol. The van der Waals surface area contributed by atoms with E-state index in [1.54, 1.807) is 0 Å². The van der Waals surface area contributed by atoms with Crippen molar-refractivity contribution >= 4 is 17.7 Å². The summed E-state index contributed by atoms with van der Waals surface area (Å²) in [5, 5.41) is 9.68. The maximum absolute atomic E-state index is 13.7. The van der Waals surface area contributed by atoms with Gasteiger partial charge >= 0.3 is 0 Å². The Labute approximate surface area is 228 Å². The zero-order valence-corrected chi connectivity index (χ0v) is 23.0. The number of benzene rings is 2. The summed E-state index contributed by atoms with van der Waals surface area (Å²) in [5.74, 6) is 2.01. The fourth-order valence-electron chi connectivity index (χ4n) is 5.85. The summed E-state index contributed by atoms with van der Waals surface area (Å²) in [6, 6.07) is 16.2. The van der Waals surface area contributed by atoms with Gasteiger partial charge in [-0.05, 0) is 112 Å². The van der Waals surface area contributed by atoms with E-state index in [9.17, 15) is 4.79 Å². The van der Waals surface area contributed by atoms with Crippen molar-refractivity contribution in [3.8, 4) is 11.4 Å². The van der Waals surface area contributed by atoms with Crippen molar-refractivity contribution in [2.45, 2.75) is 77.0 Å². The summed E-state index contributed by atoms with van der Waals surface area (Å²) >= 11 is 1.46. The molecule has 0 saturated heterocycles. The molecule has 196 valence electrons. The van der Waals surface area contributed by atoms with E-state index in [1.165, 1.54) is 71.1 Å². The van der Waals surface area contributed by atoms with Crippen LogP contribution in [0.1, 0.15) is 69.9 Å². The molecule has 2 aromatic heterocycles. The zero-order chi connectivity index (χ0) is 26.1. The van der Waals surface area contributed by atoms with Gasteiger partial charge in [0.05, 0.1) is 5.75 Å². The summed E-state index contributed by atoms with van der Waals surface area (Å²) in [7, 11) is 0. The summed E-state index contributed by atoms with van der Waals surface area (Å²) in [4.78, 5) is 13.7. The van der Waals surface area contributed by atoms with E-state index < -0.39 is 0 Å². The SMILES string of the molecule is Cc1ccc(OCc2nnc(SCC(=O)n3c4c(c5c3CCCC5)CCCC4)n2-c2ccccc2)cc1C. The molecule has 0 aliphatic heterocycles. The molecule has 2 aliphatic rings. The summed E-state index contributed by atoms with van der Waals surface area (Å²) < 4.78 is 10.2. The van der Waals surface area contributed by atoms with Gasteiger partial charge < -0.3 is 4.74 Å². The lowest BCUT2D eigenvalue weighted by atomic mass is 9.89. The second-order valence-electron chi connectivity index (χ2n) is 10.4. The maximum Gasteiger partial charge on any atom is 0.241 e. The molecule has 0 radical (unpaired) electrons. The van der Waals surface area contributed by atoms with Gasteiger partial charge in [0.15, 0.2) is 11.0 Å². The Morgan fingerprint density at radius 3 is 2.24 bits per heavy atom. The van der Waals surface area contributed by atoms with Gasteiger partial charge in [0.1, 0.15) is 12.4 Å². The average Bonchev–Trinajstić information content (AvgIpc) is 3.52. The number of aryl methyl sites for hydroxylation is 2. The molecule has 0 fully saturated rings. The number of carbonyl (C=O) groups is 1. The molecule has 38 heavy (non-hydrogen) atoms. The van der Waals surface area contributed by atoms with Crippen LogP contribution < -0.4 is 4.74 Å². The number of fused-ring (bicyclic) bond motifs is 3. The van der Waals surface area contributed by atoms with Crippen molar-refractivity contribution < 1.29 is 9.53 Å². The van der Waals surface area contributed by atoms with E-state index >= 15 is 0 Å². The van der Waals surface area contributed by atoms with Crippen LogP contribution in [-0.4, -0.2) is 31.0 Å². The number of nitrogens with zero attached hydrogens (tertiary/aromatic N) is 4. The summed E-state index contributed by atoms with van der Waals surface area (Å²) in [5.41, 5.74) is 8.89. The van der Waals surface area contributed by atoms with E-state index in [0.29, 0.717) is 16.7 Å². The molecule has 2 aliphatic carbocycles. The molecule has 0 atom stereocenters. The second kappa shape index (κ2) is 10.8. The number of hydrogen-bond donors (Lipinski definition) is 0. The van der Waals surface area contributed by atoms with Gasteiger partial charge in [0.25, 0.3) is 0 Å². The quantitative estimate of drug-likeness (QED) is 0.259. The normalized spacial score (nSPS) is 14.7. The van der Waals surface area contributed by atoms with Crippen LogP contribution in [0.25, 0.3) is 5.69 Å². The van der Waals surface area contributed by atoms with Crippen LogP contribution in [0, 0.1) is 13.8 Å². The Morgan fingerprint density at radius 1 is 0.868 bits per heavy atom. The number of rotatable bonds is 7. The molecule has 7 heteroatoms. The first-order chi connectivity index (χ1) is 18.6. The van der Waals surface area contributed by atoms with Crippen molar-refractivity contribution in [3.63, 3.8) is 0 Å². The molecule has 6 rings (SSSR count). The molecule has 0 amide bonds. The standard InChI is InChI=1S/C31H34N4O2S/c1-21-16-17-24(18-22(21)2)37-19-29-32-33-31(34(29)23-10-4-3-5-11-23)38-20-30(36)35-27-14-8-6-12-25(27)26-13-7-9-15-28(26)35/h3-5,10-11,16-18H,6-9,12-15,19-20H2,1-2H3. The highest BCUT2D eigenvalue weighted by Gasteiger charge is 2.29. The van der Waals surface area contributed by atoms with Crippen LogP contribution in [0.4, 0.5) is 0 Å². The molecule has 0 spiro atoms. The summed E-state index contributed by atoms with van der Waals surface area (Å²) in [6.45, 7) is 4.46. The van der Waals surface area contributed by atoms with Gasteiger partial charge in [-0.1, -0.05) is 36.0 Å². The van der Waals surface area contributed by atoms with Gasteiger partial charge in [-0.3, -0.25) is 13.9 Å². The number of thioether (sulfide) groups is 1. The smallest absolute Gasteiger partial charge is 0.241 e. The van der Waals surface area contributed by atoms with Crippen LogP contribution in [0.3, 0.4) is 0 Å². The third-order valence-electron chi connectivity index (χ3n) is 7.92. The highest BCUT2D eigenvalue weighted by Crippen LogP contribution is 2.35. The van der Waals surface area contributed by atoms with Crippen molar-refractivity contribution in [1.29, 1.82) is 0 Å². The molecule has 0 saturated carbocycles. The lowest BCUT2D eigenvalue weighted by Gasteiger charge is -2.16. The van der Waals surface area contributed by atoms with Crippen molar-refractivity contribution in [2.24, 2.45) is 0 Å². The van der Waals surface area contributed by atoms with Crippen LogP contribution in [0.2, 0.25) is 0 Å². The average molecular weight is 527 g/mol. The van der Waals surface area contributed by atoms with Gasteiger partial charge in [0, 0.05) is 17.1 Å². The second-order valence-corrected chi connectivity index (χ2v) is 11.3. The number of carbonyl (C=O) groups excluding carboxylic acids is 1. The Kier molecular flexibility index (Phi) is 7.11. The molecule has 4 aromatic rings. The van der Waals surface area contributed by atoms with E-state index in [4.69, 9.17) is 4.74 Å². The molecule has 6 nitrogen and oxygen atoms in total. The summed E-state index contributed by atoms with van der Waals surface area (Å²) in [6.07, 6.45) is 9.08. The third-order valence-corrected chi connectivity index (χ3v) is 8.83. The highest BCUT2D eigenvalue weighted by atomic mass is 32.2. The van der Waals surface area contributed by atoms with Gasteiger partial charge in [0.2, 0.25) is 5.91 Å². The van der Waals surface area contributed by atoms with Gasteiger partial charge in [-0.25, -0.2) is 0 Å². The number of hydrogen-bond acceptors (Lipinski definition) is 5. The zero-order valence-electron chi connectivity index (χ0n) is 22.2. The first-order valence-corrected chi connectivity index (χ1v) is 14.7. The van der Waals surface area contributed by atoms with E-state index in [-0.39, 0.29) is 12.5 Å². The molecule has 0 unspecified atom stereocenters. The Balaban J connectivity index is 1.25. The first-order valence-electron chi connectivity index (χ1n) is 13.7. The Bertz CT molecular complexity index is 1440. The fourth-order valence-corrected chi connectivity index (χ4v) is 6.67. The van der Waals surface area contributed by atoms with Crippen LogP contribution >= 0.6 is 11.8 Å². The minimum Gasteiger partial charge on any atom is -0.486 e. The topological polar surface area (TPSA) is 61.9 Å². The molecular formula is C31H34N4O2S. The minimum absolute atomic E-state index is 0.159. The van der Waals surface area contributed by atoms with Crippen molar-refractivity contribution in [1.82, 2.24) is 19.3 Å². The lowest BCUT2D eigenvalue weighted by Crippen LogP contribution is -2.21. The first kappa shape index (κ1) is 25.0. The lowest BCUT2D eigenvalue weighted by molar-refractivity contribution is 0.0934. The van der Waals surface area contributed by atoms with Crippen LogP contribution in [-0.2, 0) is 32.3 Å². The third kappa shape index (κ3) is 4.80. The van der Waals surface area contributed by atoms with Gasteiger partial charge in [-0.2, -0.15) is 0 Å². The molecule has 2 heterocycles. The molecular weight excluding hydrogens is 492 g/mol. The molecule has 2 aromatic carbocycles. The fraction of sp³-hybridized carbons (Fsp3) is 0.387. The number of ether oxygens (including phenoxy) is 1. The number of aromatic nitrogens is 4. The van der Waals surface area contributed by atoms with E-state index in [1.807, 2.05) is 47.0 Å². The van der Waals surface area contributed by atoms with E-state index in [0.717, 1.165) is 37.1 Å². The van der Waals surface area contributed by atoms with Gasteiger partial charge in [-0.15, -0.1) is 10.2 Å². The Hall–Kier alpha value is -3.32. The number of para-hydroxylation sites is 1. The highest BCUT2D eigenvalue weighted by molar-refractivity contribution is 7.99. The van der Waals surface area contributed by atoms with Crippen molar-refractivity contribution in [3.05, 3.63) is 88.0 Å². The largest absolute Gasteiger partial charge is 0.486 e. The predicted molar refractivity (Wildman–Crippen MR) is 151 cm³/mol. The van der Waals surface area contributed by atoms with Crippen LogP contribution in [0.5, 0.6) is 5.75 Å². The molecule has 0 bridgehead atoms. The van der Waals surface area contributed by atoms with E-state index in [2.05, 4.69) is 34.7 Å². The van der Waals surface area contributed by atoms with Crippen LogP contribution in [0.15, 0.2) is 53.7 Å². The predicted octanol–water partition coefficient (Wildman–Crippen LogP) is 6.45. The maximum atomic E-state index is 13.7.